The molecule has 0 saturated heterocycles. The van der Waals surface area contributed by atoms with Crippen molar-refractivity contribution in [1.82, 2.24) is 20.1 Å². The van der Waals surface area contributed by atoms with Crippen LogP contribution in [0.3, 0.4) is 0 Å². The molecule has 0 aromatic carbocycles. The van der Waals surface area contributed by atoms with Crippen LogP contribution in [0.1, 0.15) is 20.3 Å². The van der Waals surface area contributed by atoms with E-state index < -0.39 is 0 Å². The number of amides is 1. The minimum absolute atomic E-state index is 0.0111. The van der Waals surface area contributed by atoms with Gasteiger partial charge in [0.05, 0.1) is 0 Å². The minimum Gasteiger partial charge on any atom is -0.367 e. The molecule has 0 spiro atoms. The Kier molecular flexibility index (Phi) is 6.07. The zero-order valence-corrected chi connectivity index (χ0v) is 11.8. The summed E-state index contributed by atoms with van der Waals surface area (Å²) in [5.41, 5.74) is 0. The van der Waals surface area contributed by atoms with Crippen LogP contribution in [0.25, 0.3) is 0 Å². The summed E-state index contributed by atoms with van der Waals surface area (Å²) in [6.07, 6.45) is 0.361. The van der Waals surface area contributed by atoms with E-state index in [9.17, 15) is 4.79 Å². The van der Waals surface area contributed by atoms with Gasteiger partial charge in [0, 0.05) is 26.1 Å². The van der Waals surface area contributed by atoms with Crippen molar-refractivity contribution < 1.29 is 4.79 Å². The SMILES string of the molecule is CCN(CC)C(=O)CCNc1nc(Cl)nnc1Cl. The van der Waals surface area contributed by atoms with Gasteiger partial charge in [-0.15, -0.1) is 10.2 Å². The highest BCUT2D eigenvalue weighted by Gasteiger charge is 2.10. The van der Waals surface area contributed by atoms with E-state index in [1.54, 1.807) is 4.90 Å². The van der Waals surface area contributed by atoms with E-state index in [0.717, 1.165) is 0 Å². The molecule has 0 radical (unpaired) electrons. The third kappa shape index (κ3) is 4.27. The van der Waals surface area contributed by atoms with Gasteiger partial charge in [0.1, 0.15) is 0 Å². The molecule has 0 saturated carbocycles. The number of halogens is 2. The molecule has 0 atom stereocenters. The molecule has 100 valence electrons. The maximum absolute atomic E-state index is 11.7. The van der Waals surface area contributed by atoms with E-state index in [2.05, 4.69) is 20.5 Å². The zero-order chi connectivity index (χ0) is 13.5. The second kappa shape index (κ2) is 7.33. The average molecular weight is 292 g/mol. The lowest BCUT2D eigenvalue weighted by Gasteiger charge is -2.18. The first-order chi connectivity index (χ1) is 8.58. The number of nitrogens with zero attached hydrogens (tertiary/aromatic N) is 4. The smallest absolute Gasteiger partial charge is 0.245 e. The highest BCUT2D eigenvalue weighted by Crippen LogP contribution is 2.16. The Morgan fingerprint density at radius 3 is 2.56 bits per heavy atom. The van der Waals surface area contributed by atoms with Gasteiger partial charge in [0.2, 0.25) is 11.2 Å². The molecule has 0 unspecified atom stereocenters. The van der Waals surface area contributed by atoms with Gasteiger partial charge in [-0.25, -0.2) is 0 Å². The molecule has 0 aliphatic heterocycles. The summed E-state index contributed by atoms with van der Waals surface area (Å²) in [6, 6.07) is 0. The fourth-order valence-corrected chi connectivity index (χ4v) is 1.70. The monoisotopic (exact) mass is 291 g/mol. The summed E-state index contributed by atoms with van der Waals surface area (Å²) in [7, 11) is 0. The Balaban J connectivity index is 2.46. The topological polar surface area (TPSA) is 71.0 Å². The van der Waals surface area contributed by atoms with Gasteiger partial charge in [-0.3, -0.25) is 4.79 Å². The highest BCUT2D eigenvalue weighted by molar-refractivity contribution is 6.32. The lowest BCUT2D eigenvalue weighted by atomic mass is 10.3. The molecule has 1 rings (SSSR count). The van der Waals surface area contributed by atoms with Crippen molar-refractivity contribution >= 4 is 34.9 Å². The van der Waals surface area contributed by atoms with Gasteiger partial charge in [-0.1, -0.05) is 11.6 Å². The predicted molar refractivity (Wildman–Crippen MR) is 70.9 cm³/mol. The number of carbonyl (C=O) groups excluding carboxylic acids is 1. The Hall–Kier alpha value is -1.14. The molecule has 1 aromatic rings. The zero-order valence-electron chi connectivity index (χ0n) is 10.3. The Morgan fingerprint density at radius 1 is 1.28 bits per heavy atom. The third-order valence-corrected chi connectivity index (χ3v) is 2.78. The quantitative estimate of drug-likeness (QED) is 0.866. The average Bonchev–Trinajstić information content (AvgIpc) is 2.35. The van der Waals surface area contributed by atoms with Gasteiger partial charge in [-0.2, -0.15) is 4.98 Å². The van der Waals surface area contributed by atoms with Crippen LogP contribution < -0.4 is 5.32 Å². The van der Waals surface area contributed by atoms with Crippen molar-refractivity contribution in [1.29, 1.82) is 0 Å². The van der Waals surface area contributed by atoms with Crippen LogP contribution in [0, 0.1) is 0 Å². The number of hydrogen-bond acceptors (Lipinski definition) is 5. The fraction of sp³-hybridized carbons (Fsp3) is 0.600. The Labute approximate surface area is 116 Å². The van der Waals surface area contributed by atoms with E-state index >= 15 is 0 Å². The lowest BCUT2D eigenvalue weighted by molar-refractivity contribution is -0.130. The normalized spacial score (nSPS) is 10.2. The molecule has 18 heavy (non-hydrogen) atoms. The summed E-state index contributed by atoms with van der Waals surface area (Å²) >= 11 is 11.4. The highest BCUT2D eigenvalue weighted by atomic mass is 35.5. The second-order valence-electron chi connectivity index (χ2n) is 3.46. The first-order valence-electron chi connectivity index (χ1n) is 5.65. The maximum Gasteiger partial charge on any atom is 0.245 e. The van der Waals surface area contributed by atoms with Crippen molar-refractivity contribution in [2.45, 2.75) is 20.3 Å². The van der Waals surface area contributed by atoms with Crippen LogP contribution in [-0.4, -0.2) is 45.6 Å². The summed E-state index contributed by atoms with van der Waals surface area (Å²) in [5.74, 6) is 0.417. The van der Waals surface area contributed by atoms with E-state index in [4.69, 9.17) is 23.2 Å². The number of anilines is 1. The maximum atomic E-state index is 11.7. The van der Waals surface area contributed by atoms with Crippen molar-refractivity contribution in [3.05, 3.63) is 10.4 Å². The number of nitrogens with one attached hydrogen (secondary N) is 1. The van der Waals surface area contributed by atoms with Crippen LogP contribution in [0.15, 0.2) is 0 Å². The first kappa shape index (κ1) is 14.9. The number of carbonyl (C=O) groups is 1. The van der Waals surface area contributed by atoms with Crippen LogP contribution in [0.2, 0.25) is 10.4 Å². The van der Waals surface area contributed by atoms with Gasteiger partial charge < -0.3 is 10.2 Å². The van der Waals surface area contributed by atoms with E-state index in [1.807, 2.05) is 13.8 Å². The van der Waals surface area contributed by atoms with Gasteiger partial charge >= 0.3 is 0 Å². The van der Waals surface area contributed by atoms with Crippen LogP contribution in [0.4, 0.5) is 5.82 Å². The van der Waals surface area contributed by atoms with Crippen LogP contribution in [-0.2, 0) is 4.79 Å². The molecule has 0 aliphatic carbocycles. The fourth-order valence-electron chi connectivity index (χ4n) is 1.43. The molecule has 0 fully saturated rings. The molecule has 8 heteroatoms. The summed E-state index contributed by atoms with van der Waals surface area (Å²) < 4.78 is 0. The Bertz CT molecular complexity index is 411. The number of hydrogen-bond donors (Lipinski definition) is 1. The van der Waals surface area contributed by atoms with Crippen LogP contribution in [0.5, 0.6) is 0 Å². The number of aromatic nitrogens is 3. The molecular formula is C10H15Cl2N5O. The van der Waals surface area contributed by atoms with Crippen molar-refractivity contribution in [3.8, 4) is 0 Å². The van der Waals surface area contributed by atoms with Crippen molar-refractivity contribution in [2.24, 2.45) is 0 Å². The molecule has 1 amide bonds. The molecule has 0 bridgehead atoms. The van der Waals surface area contributed by atoms with E-state index in [-0.39, 0.29) is 16.3 Å². The van der Waals surface area contributed by atoms with E-state index in [1.165, 1.54) is 0 Å². The standard InChI is InChI=1S/C10H15Cl2N5O/c1-3-17(4-2)7(18)5-6-13-9-8(11)15-16-10(12)14-9/h3-6H2,1-2H3,(H,13,14,16). The molecule has 1 heterocycles. The first-order valence-corrected chi connectivity index (χ1v) is 6.41. The third-order valence-electron chi connectivity index (χ3n) is 2.37. The summed E-state index contributed by atoms with van der Waals surface area (Å²) in [4.78, 5) is 17.4. The Morgan fingerprint density at radius 2 is 1.94 bits per heavy atom. The van der Waals surface area contributed by atoms with Crippen molar-refractivity contribution in [2.75, 3.05) is 25.0 Å². The summed E-state index contributed by atoms with van der Waals surface area (Å²) in [6.45, 7) is 5.72. The molecule has 0 aliphatic rings. The predicted octanol–water partition coefficient (Wildman–Crippen LogP) is 1.85. The summed E-state index contributed by atoms with van der Waals surface area (Å²) in [5, 5.41) is 10.2. The van der Waals surface area contributed by atoms with Crippen LogP contribution >= 0.6 is 23.2 Å². The largest absolute Gasteiger partial charge is 0.367 e. The number of rotatable bonds is 6. The molecular weight excluding hydrogens is 277 g/mol. The van der Waals surface area contributed by atoms with Gasteiger partial charge in [0.15, 0.2) is 11.0 Å². The van der Waals surface area contributed by atoms with Gasteiger partial charge in [-0.05, 0) is 25.4 Å². The van der Waals surface area contributed by atoms with Gasteiger partial charge in [0.25, 0.3) is 0 Å². The van der Waals surface area contributed by atoms with E-state index in [0.29, 0.717) is 31.9 Å². The molecule has 1 N–H and O–H groups in total. The molecule has 1 aromatic heterocycles. The molecule has 6 nitrogen and oxygen atoms in total. The second-order valence-corrected chi connectivity index (χ2v) is 4.16. The minimum atomic E-state index is 0.0111. The lowest BCUT2D eigenvalue weighted by Crippen LogP contribution is -2.31. The van der Waals surface area contributed by atoms with Crippen molar-refractivity contribution in [3.63, 3.8) is 0 Å².